The fourth-order valence-corrected chi connectivity index (χ4v) is 3.21. The number of nitrogens with one attached hydrogen (secondary N) is 1. The predicted molar refractivity (Wildman–Crippen MR) is 94.4 cm³/mol. The van der Waals surface area contributed by atoms with Crippen molar-refractivity contribution in [1.82, 2.24) is 25.5 Å². The average molecular weight is 349 g/mol. The summed E-state index contributed by atoms with van der Waals surface area (Å²) in [6, 6.07) is 17.1. The van der Waals surface area contributed by atoms with Gasteiger partial charge in [0.25, 0.3) is 0 Å². The Balaban J connectivity index is 1.56. The Kier molecular flexibility index (Phi) is 4.59. The van der Waals surface area contributed by atoms with Crippen molar-refractivity contribution in [1.29, 1.82) is 0 Å². The largest absolute Gasteiger partial charge is 0.493 e. The maximum atomic E-state index is 13.1. The number of amides is 1. The summed E-state index contributed by atoms with van der Waals surface area (Å²) < 4.78 is 7.18. The van der Waals surface area contributed by atoms with Crippen LogP contribution in [0.3, 0.4) is 0 Å². The molecular weight excluding hydrogens is 330 g/mol. The van der Waals surface area contributed by atoms with E-state index < -0.39 is 6.04 Å². The average Bonchev–Trinajstić information content (AvgIpc) is 3.21. The van der Waals surface area contributed by atoms with Crippen molar-refractivity contribution in [2.45, 2.75) is 24.9 Å². The molecule has 1 aromatic heterocycles. The molecule has 1 aliphatic rings. The fraction of sp³-hybridized carbons (Fsp3) is 0.263. The Morgan fingerprint density at radius 3 is 2.81 bits per heavy atom. The van der Waals surface area contributed by atoms with Gasteiger partial charge < -0.3 is 10.1 Å². The minimum atomic E-state index is -0.512. The molecule has 2 heterocycles. The third-order valence-corrected chi connectivity index (χ3v) is 4.53. The van der Waals surface area contributed by atoms with E-state index in [0.717, 1.165) is 23.3 Å². The topological polar surface area (TPSA) is 81.9 Å². The summed E-state index contributed by atoms with van der Waals surface area (Å²) in [6.07, 6.45) is 2.73. The van der Waals surface area contributed by atoms with E-state index in [1.807, 2.05) is 54.6 Å². The molecule has 1 N–H and O–H groups in total. The van der Waals surface area contributed by atoms with Crippen molar-refractivity contribution >= 4 is 5.91 Å². The van der Waals surface area contributed by atoms with Gasteiger partial charge in [-0.3, -0.25) is 4.79 Å². The summed E-state index contributed by atoms with van der Waals surface area (Å²) in [5.74, 6) is 0.717. The summed E-state index contributed by atoms with van der Waals surface area (Å²) in [5, 5.41) is 14.5. The van der Waals surface area contributed by atoms with Gasteiger partial charge in [0.15, 0.2) is 0 Å². The van der Waals surface area contributed by atoms with Crippen LogP contribution in [0.15, 0.2) is 60.9 Å². The van der Waals surface area contributed by atoms with Crippen LogP contribution < -0.4 is 10.1 Å². The van der Waals surface area contributed by atoms with Gasteiger partial charge in [-0.05, 0) is 22.1 Å². The molecule has 0 unspecified atom stereocenters. The zero-order chi connectivity index (χ0) is 17.8. The molecule has 1 amide bonds. The number of tetrazole rings is 1. The number of carbonyl (C=O) groups is 1. The van der Waals surface area contributed by atoms with Crippen LogP contribution in [0, 0.1) is 0 Å². The normalized spacial score (nSPS) is 17.0. The van der Waals surface area contributed by atoms with E-state index in [9.17, 15) is 4.79 Å². The monoisotopic (exact) mass is 349 g/mol. The van der Waals surface area contributed by atoms with Gasteiger partial charge in [0.05, 0.1) is 12.6 Å². The van der Waals surface area contributed by atoms with Crippen LogP contribution in [0.2, 0.25) is 0 Å². The Morgan fingerprint density at radius 2 is 2.00 bits per heavy atom. The number of ether oxygens (including phenoxy) is 1. The van der Waals surface area contributed by atoms with Gasteiger partial charge in [-0.15, -0.1) is 5.10 Å². The molecule has 1 aliphatic heterocycles. The maximum absolute atomic E-state index is 13.1. The van der Waals surface area contributed by atoms with Gasteiger partial charge in [0.1, 0.15) is 18.1 Å². The van der Waals surface area contributed by atoms with Gasteiger partial charge in [0.2, 0.25) is 5.91 Å². The molecule has 132 valence electrons. The molecule has 7 nitrogen and oxygen atoms in total. The molecule has 4 rings (SSSR count). The SMILES string of the molecule is O=C(N[C@@H]1CCOc2ccccc21)[C@@H](Cc1ccccc1)n1cnnn1. The predicted octanol–water partition coefficient (Wildman–Crippen LogP) is 2.10. The Morgan fingerprint density at radius 1 is 1.19 bits per heavy atom. The highest BCUT2D eigenvalue weighted by Crippen LogP contribution is 2.32. The standard InChI is InChI=1S/C19H19N5O2/c25-19(21-16-10-11-26-18-9-5-4-8-15(16)18)17(24-13-20-22-23-24)12-14-6-2-1-3-7-14/h1-9,13,16-17H,10-12H2,(H,21,25)/t16-,17-/m1/s1. The second kappa shape index (κ2) is 7.35. The first-order valence-electron chi connectivity index (χ1n) is 8.60. The van der Waals surface area contributed by atoms with E-state index in [2.05, 4.69) is 20.8 Å². The lowest BCUT2D eigenvalue weighted by molar-refractivity contribution is -0.125. The Bertz CT molecular complexity index is 867. The molecular formula is C19H19N5O2. The summed E-state index contributed by atoms with van der Waals surface area (Å²) in [5.41, 5.74) is 2.05. The summed E-state index contributed by atoms with van der Waals surface area (Å²) in [7, 11) is 0. The van der Waals surface area contributed by atoms with E-state index >= 15 is 0 Å². The van der Waals surface area contributed by atoms with Gasteiger partial charge >= 0.3 is 0 Å². The van der Waals surface area contributed by atoms with Crippen molar-refractivity contribution in [3.8, 4) is 5.75 Å². The minimum absolute atomic E-state index is 0.0813. The molecule has 0 radical (unpaired) electrons. The zero-order valence-electron chi connectivity index (χ0n) is 14.2. The zero-order valence-corrected chi connectivity index (χ0v) is 14.2. The summed E-state index contributed by atoms with van der Waals surface area (Å²) in [4.78, 5) is 13.1. The van der Waals surface area contributed by atoms with E-state index in [1.165, 1.54) is 11.0 Å². The lowest BCUT2D eigenvalue weighted by atomic mass is 9.99. The number of para-hydroxylation sites is 1. The summed E-state index contributed by atoms with van der Waals surface area (Å²) >= 11 is 0. The second-order valence-electron chi connectivity index (χ2n) is 6.23. The number of nitrogens with zero attached hydrogens (tertiary/aromatic N) is 4. The molecule has 0 spiro atoms. The molecule has 7 heteroatoms. The number of hydrogen-bond donors (Lipinski definition) is 1. The lowest BCUT2D eigenvalue weighted by Crippen LogP contribution is -2.38. The number of benzene rings is 2. The van der Waals surface area contributed by atoms with Crippen LogP contribution in [-0.2, 0) is 11.2 Å². The highest BCUT2D eigenvalue weighted by molar-refractivity contribution is 5.81. The molecule has 0 fully saturated rings. The Hall–Kier alpha value is -3.22. The van der Waals surface area contributed by atoms with Crippen LogP contribution in [0.4, 0.5) is 0 Å². The third kappa shape index (κ3) is 3.42. The van der Waals surface area contributed by atoms with Crippen LogP contribution in [0.25, 0.3) is 0 Å². The van der Waals surface area contributed by atoms with Gasteiger partial charge in [-0.1, -0.05) is 48.5 Å². The smallest absolute Gasteiger partial charge is 0.245 e. The molecule has 0 saturated heterocycles. The number of hydrogen-bond acceptors (Lipinski definition) is 5. The fourth-order valence-electron chi connectivity index (χ4n) is 3.21. The van der Waals surface area contributed by atoms with Gasteiger partial charge in [-0.25, -0.2) is 4.68 Å². The van der Waals surface area contributed by atoms with Crippen molar-refractivity contribution in [3.63, 3.8) is 0 Å². The van der Waals surface area contributed by atoms with E-state index in [4.69, 9.17) is 4.74 Å². The highest BCUT2D eigenvalue weighted by atomic mass is 16.5. The quantitative estimate of drug-likeness (QED) is 0.763. The molecule has 0 bridgehead atoms. The van der Waals surface area contributed by atoms with Crippen molar-refractivity contribution in [2.24, 2.45) is 0 Å². The highest BCUT2D eigenvalue weighted by Gasteiger charge is 2.28. The first-order chi connectivity index (χ1) is 12.8. The van der Waals surface area contributed by atoms with Crippen molar-refractivity contribution < 1.29 is 9.53 Å². The molecule has 2 atom stereocenters. The van der Waals surface area contributed by atoms with E-state index in [-0.39, 0.29) is 11.9 Å². The number of fused-ring (bicyclic) bond motifs is 1. The maximum Gasteiger partial charge on any atom is 0.245 e. The minimum Gasteiger partial charge on any atom is -0.493 e. The molecule has 3 aromatic rings. The van der Waals surface area contributed by atoms with Crippen LogP contribution in [0.1, 0.15) is 29.6 Å². The number of aromatic nitrogens is 4. The van der Waals surface area contributed by atoms with E-state index in [0.29, 0.717) is 13.0 Å². The first-order valence-corrected chi connectivity index (χ1v) is 8.60. The number of carbonyl (C=O) groups excluding carboxylic acids is 1. The molecule has 2 aromatic carbocycles. The van der Waals surface area contributed by atoms with Crippen LogP contribution in [0.5, 0.6) is 5.75 Å². The van der Waals surface area contributed by atoms with Crippen molar-refractivity contribution in [3.05, 3.63) is 72.1 Å². The Labute approximate surface area is 151 Å². The van der Waals surface area contributed by atoms with Crippen LogP contribution >= 0.6 is 0 Å². The second-order valence-corrected chi connectivity index (χ2v) is 6.23. The lowest BCUT2D eigenvalue weighted by Gasteiger charge is -2.28. The van der Waals surface area contributed by atoms with Crippen molar-refractivity contribution in [2.75, 3.05) is 6.61 Å². The molecule has 0 saturated carbocycles. The van der Waals surface area contributed by atoms with E-state index in [1.54, 1.807) is 0 Å². The molecule has 26 heavy (non-hydrogen) atoms. The number of rotatable bonds is 5. The van der Waals surface area contributed by atoms with Gasteiger partial charge in [-0.2, -0.15) is 0 Å². The first kappa shape index (κ1) is 16.3. The summed E-state index contributed by atoms with van der Waals surface area (Å²) in [6.45, 7) is 0.580. The van der Waals surface area contributed by atoms with Gasteiger partial charge in [0, 0.05) is 18.4 Å². The third-order valence-electron chi connectivity index (χ3n) is 4.53. The van der Waals surface area contributed by atoms with Crippen LogP contribution in [-0.4, -0.2) is 32.7 Å². The molecule has 0 aliphatic carbocycles.